The number of hydrogen-bond donors (Lipinski definition) is 3. The van der Waals surface area contributed by atoms with E-state index in [-0.39, 0.29) is 23.0 Å². The fourth-order valence-electron chi connectivity index (χ4n) is 2.22. The van der Waals surface area contributed by atoms with Gasteiger partial charge in [0.1, 0.15) is 11.5 Å². The van der Waals surface area contributed by atoms with Gasteiger partial charge in [-0.3, -0.25) is 4.79 Å². The Balaban J connectivity index is 2.73. The Hall–Kier alpha value is -2.49. The van der Waals surface area contributed by atoms with Crippen LogP contribution in [0.5, 0.6) is 11.5 Å². The molecule has 0 aromatic heterocycles. The van der Waals surface area contributed by atoms with E-state index in [1.54, 1.807) is 18.2 Å². The first-order valence-electron chi connectivity index (χ1n) is 6.37. The lowest BCUT2D eigenvalue weighted by molar-refractivity contribution is 0.0998. The molecule has 4 N–H and O–H groups in total. The maximum Gasteiger partial charge on any atom is 0.252 e. The molecule has 104 valence electrons. The molecule has 2 rings (SSSR count). The van der Waals surface area contributed by atoms with Crippen LogP contribution in [-0.4, -0.2) is 16.1 Å². The largest absolute Gasteiger partial charge is 0.508 e. The maximum absolute atomic E-state index is 11.4. The molecule has 0 aliphatic heterocycles. The van der Waals surface area contributed by atoms with Gasteiger partial charge in [-0.2, -0.15) is 0 Å². The van der Waals surface area contributed by atoms with Crippen molar-refractivity contribution in [2.75, 3.05) is 0 Å². The van der Waals surface area contributed by atoms with Crippen LogP contribution in [0.25, 0.3) is 11.1 Å². The second-order valence-electron chi connectivity index (χ2n) is 4.99. The molecular weight excluding hydrogens is 254 g/mol. The number of nitrogens with two attached hydrogens (primary N) is 1. The van der Waals surface area contributed by atoms with Crippen molar-refractivity contribution in [3.63, 3.8) is 0 Å². The van der Waals surface area contributed by atoms with E-state index in [0.29, 0.717) is 5.56 Å². The Kier molecular flexibility index (Phi) is 3.66. The van der Waals surface area contributed by atoms with Crippen LogP contribution in [-0.2, 0) is 0 Å². The molecule has 0 bridgehead atoms. The van der Waals surface area contributed by atoms with E-state index in [2.05, 4.69) is 0 Å². The fourth-order valence-corrected chi connectivity index (χ4v) is 2.22. The number of primary amides is 1. The number of rotatable bonds is 3. The smallest absolute Gasteiger partial charge is 0.252 e. The molecule has 0 spiro atoms. The summed E-state index contributed by atoms with van der Waals surface area (Å²) in [7, 11) is 0. The predicted molar refractivity (Wildman–Crippen MR) is 77.8 cm³/mol. The summed E-state index contributed by atoms with van der Waals surface area (Å²) >= 11 is 0. The Morgan fingerprint density at radius 1 is 1.05 bits per heavy atom. The fraction of sp³-hybridized carbons (Fsp3) is 0.188. The van der Waals surface area contributed by atoms with Crippen LogP contribution in [0, 0.1) is 0 Å². The molecule has 4 heteroatoms. The molecule has 0 fully saturated rings. The summed E-state index contributed by atoms with van der Waals surface area (Å²) in [5, 5.41) is 19.7. The van der Waals surface area contributed by atoms with Gasteiger partial charge in [-0.1, -0.05) is 32.0 Å². The van der Waals surface area contributed by atoms with Crippen LogP contribution in [0.2, 0.25) is 0 Å². The van der Waals surface area contributed by atoms with Crippen LogP contribution in [0.4, 0.5) is 0 Å². The van der Waals surface area contributed by atoms with Crippen LogP contribution < -0.4 is 5.73 Å². The number of amides is 1. The number of benzene rings is 2. The van der Waals surface area contributed by atoms with Crippen molar-refractivity contribution in [1.29, 1.82) is 0 Å². The molecule has 0 saturated carbocycles. The maximum atomic E-state index is 11.4. The van der Waals surface area contributed by atoms with E-state index in [1.165, 1.54) is 18.2 Å². The zero-order valence-corrected chi connectivity index (χ0v) is 11.4. The summed E-state index contributed by atoms with van der Waals surface area (Å²) in [5.74, 6) is -0.468. The lowest BCUT2D eigenvalue weighted by atomic mass is 9.89. The first kappa shape index (κ1) is 13.9. The summed E-state index contributed by atoms with van der Waals surface area (Å²) in [6, 6.07) is 9.80. The number of carbonyl (C=O) groups excluding carboxylic acids is 1. The quantitative estimate of drug-likeness (QED) is 0.802. The standard InChI is InChI=1S/C16H17NO3/c1-9(2)12-7-8-13(16(17)20)15(19)14(12)10-3-5-11(18)6-4-10/h3-9,18-19H,1-2H3,(H2,17,20). The van der Waals surface area contributed by atoms with E-state index in [4.69, 9.17) is 5.73 Å². The van der Waals surface area contributed by atoms with Crippen molar-refractivity contribution < 1.29 is 15.0 Å². The van der Waals surface area contributed by atoms with Gasteiger partial charge in [-0.15, -0.1) is 0 Å². The minimum absolute atomic E-state index is 0.0949. The third kappa shape index (κ3) is 2.45. The van der Waals surface area contributed by atoms with Crippen molar-refractivity contribution in [2.24, 2.45) is 5.73 Å². The average Bonchev–Trinajstić information content (AvgIpc) is 2.39. The average molecular weight is 271 g/mol. The highest BCUT2D eigenvalue weighted by Crippen LogP contribution is 2.39. The number of carbonyl (C=O) groups is 1. The highest BCUT2D eigenvalue weighted by molar-refractivity contribution is 5.98. The number of hydrogen-bond acceptors (Lipinski definition) is 3. The van der Waals surface area contributed by atoms with Gasteiger partial charge < -0.3 is 15.9 Å². The molecule has 4 nitrogen and oxygen atoms in total. The Bertz CT molecular complexity index is 646. The minimum Gasteiger partial charge on any atom is -0.508 e. The summed E-state index contributed by atoms with van der Waals surface area (Å²) in [6.45, 7) is 4.01. The molecule has 20 heavy (non-hydrogen) atoms. The van der Waals surface area contributed by atoms with Crippen molar-refractivity contribution >= 4 is 5.91 Å². The van der Waals surface area contributed by atoms with E-state index in [0.717, 1.165) is 11.1 Å². The van der Waals surface area contributed by atoms with Crippen molar-refractivity contribution in [2.45, 2.75) is 19.8 Å². The molecular formula is C16H17NO3. The van der Waals surface area contributed by atoms with Crippen molar-refractivity contribution in [3.8, 4) is 22.6 Å². The van der Waals surface area contributed by atoms with Crippen molar-refractivity contribution in [3.05, 3.63) is 47.5 Å². The lowest BCUT2D eigenvalue weighted by Gasteiger charge is -2.16. The number of aromatic hydroxyl groups is 2. The zero-order chi connectivity index (χ0) is 14.9. The van der Waals surface area contributed by atoms with E-state index < -0.39 is 5.91 Å². The summed E-state index contributed by atoms with van der Waals surface area (Å²) in [4.78, 5) is 11.4. The topological polar surface area (TPSA) is 83.6 Å². The predicted octanol–water partition coefficient (Wildman–Crippen LogP) is 2.99. The SMILES string of the molecule is CC(C)c1ccc(C(N)=O)c(O)c1-c1ccc(O)cc1. The van der Waals surface area contributed by atoms with Gasteiger partial charge in [-0.05, 0) is 35.2 Å². The van der Waals surface area contributed by atoms with Gasteiger partial charge in [0, 0.05) is 5.56 Å². The highest BCUT2D eigenvalue weighted by Gasteiger charge is 2.18. The Labute approximate surface area is 117 Å². The lowest BCUT2D eigenvalue weighted by Crippen LogP contribution is -2.12. The molecule has 1 amide bonds. The molecule has 0 saturated heterocycles. The molecule has 0 unspecified atom stereocenters. The first-order chi connectivity index (χ1) is 9.41. The monoisotopic (exact) mass is 271 g/mol. The third-order valence-corrected chi connectivity index (χ3v) is 3.25. The highest BCUT2D eigenvalue weighted by atomic mass is 16.3. The van der Waals surface area contributed by atoms with Crippen LogP contribution in [0.1, 0.15) is 35.7 Å². The molecule has 0 aliphatic rings. The third-order valence-electron chi connectivity index (χ3n) is 3.25. The van der Waals surface area contributed by atoms with Crippen LogP contribution in [0.15, 0.2) is 36.4 Å². The van der Waals surface area contributed by atoms with E-state index >= 15 is 0 Å². The second kappa shape index (κ2) is 5.25. The minimum atomic E-state index is -0.669. The number of phenols is 2. The van der Waals surface area contributed by atoms with Gasteiger partial charge in [0.2, 0.25) is 0 Å². The molecule has 0 aliphatic carbocycles. The van der Waals surface area contributed by atoms with Gasteiger partial charge in [0.05, 0.1) is 5.56 Å². The number of phenolic OH excluding ortho intramolecular Hbond substituents is 1. The summed E-state index contributed by atoms with van der Waals surface area (Å²) in [6.07, 6.45) is 0. The summed E-state index contributed by atoms with van der Waals surface area (Å²) < 4.78 is 0. The van der Waals surface area contributed by atoms with Gasteiger partial charge in [0.25, 0.3) is 5.91 Å². The summed E-state index contributed by atoms with van der Waals surface area (Å²) in [5.41, 5.74) is 7.59. The van der Waals surface area contributed by atoms with E-state index in [9.17, 15) is 15.0 Å². The van der Waals surface area contributed by atoms with Crippen LogP contribution >= 0.6 is 0 Å². The second-order valence-corrected chi connectivity index (χ2v) is 4.99. The molecule has 2 aromatic rings. The molecule has 0 radical (unpaired) electrons. The Morgan fingerprint density at radius 2 is 1.65 bits per heavy atom. The van der Waals surface area contributed by atoms with E-state index in [1.807, 2.05) is 13.8 Å². The normalized spacial score (nSPS) is 10.8. The molecule has 2 aromatic carbocycles. The molecule has 0 atom stereocenters. The van der Waals surface area contributed by atoms with Gasteiger partial charge in [0.15, 0.2) is 0 Å². The first-order valence-corrected chi connectivity index (χ1v) is 6.37. The molecule has 0 heterocycles. The zero-order valence-electron chi connectivity index (χ0n) is 11.4. The van der Waals surface area contributed by atoms with Gasteiger partial charge >= 0.3 is 0 Å². The van der Waals surface area contributed by atoms with Crippen LogP contribution in [0.3, 0.4) is 0 Å². The van der Waals surface area contributed by atoms with Crippen molar-refractivity contribution in [1.82, 2.24) is 0 Å². The Morgan fingerprint density at radius 3 is 2.15 bits per heavy atom. The van der Waals surface area contributed by atoms with Gasteiger partial charge in [-0.25, -0.2) is 0 Å².